The lowest BCUT2D eigenvalue weighted by molar-refractivity contribution is 0.0976. The molecular formula is C25H29N9O2. The second-order valence-corrected chi connectivity index (χ2v) is 9.92. The molecule has 6 rings (SSSR count). The van der Waals surface area contributed by atoms with E-state index >= 15 is 0 Å². The van der Waals surface area contributed by atoms with Gasteiger partial charge in [0.2, 0.25) is 0 Å². The highest BCUT2D eigenvalue weighted by molar-refractivity contribution is 6.08. The lowest BCUT2D eigenvalue weighted by Gasteiger charge is -2.42. The quantitative estimate of drug-likeness (QED) is 0.497. The molecule has 0 saturated carbocycles. The first-order chi connectivity index (χ1) is 17.4. The number of primary amides is 1. The van der Waals surface area contributed by atoms with Crippen LogP contribution in [0.2, 0.25) is 0 Å². The van der Waals surface area contributed by atoms with Crippen molar-refractivity contribution in [3.63, 3.8) is 0 Å². The van der Waals surface area contributed by atoms with Gasteiger partial charge in [-0.3, -0.25) is 14.5 Å². The van der Waals surface area contributed by atoms with Crippen molar-refractivity contribution in [3.05, 3.63) is 59.0 Å². The third-order valence-corrected chi connectivity index (χ3v) is 7.96. The molecule has 6 N–H and O–H groups in total. The number of amides is 2. The summed E-state index contributed by atoms with van der Waals surface area (Å²) in [5, 5.41) is 4.24. The summed E-state index contributed by atoms with van der Waals surface area (Å²) in [6.45, 7) is 2.49. The van der Waals surface area contributed by atoms with Crippen LogP contribution in [0.3, 0.4) is 0 Å². The Bertz CT molecular complexity index is 1360. The number of nitrogens with zero attached hydrogens (tertiary/aromatic N) is 6. The Morgan fingerprint density at radius 2 is 1.78 bits per heavy atom. The lowest BCUT2D eigenvalue weighted by Crippen LogP contribution is -2.45. The van der Waals surface area contributed by atoms with Gasteiger partial charge in [0.25, 0.3) is 11.8 Å². The molecule has 0 radical (unpaired) electrons. The summed E-state index contributed by atoms with van der Waals surface area (Å²) in [5.41, 5.74) is 21.0. The molecule has 3 aromatic rings. The minimum atomic E-state index is -0.750. The van der Waals surface area contributed by atoms with E-state index < -0.39 is 11.8 Å². The zero-order valence-corrected chi connectivity index (χ0v) is 19.9. The number of nitrogens with two attached hydrogens (primary N) is 3. The monoisotopic (exact) mass is 487 g/mol. The van der Waals surface area contributed by atoms with Crippen molar-refractivity contribution in [1.82, 2.24) is 19.7 Å². The Morgan fingerprint density at radius 3 is 2.53 bits per heavy atom. The molecule has 1 spiro atoms. The number of fused-ring (bicyclic) bond motifs is 2. The summed E-state index contributed by atoms with van der Waals surface area (Å²) in [4.78, 5) is 38.2. The molecule has 11 nitrogen and oxygen atoms in total. The molecule has 11 heteroatoms. The van der Waals surface area contributed by atoms with Crippen LogP contribution in [0.25, 0.3) is 0 Å². The van der Waals surface area contributed by atoms with Crippen LogP contribution in [0.4, 0.5) is 17.5 Å². The van der Waals surface area contributed by atoms with E-state index in [1.165, 1.54) is 11.1 Å². The minimum absolute atomic E-state index is 0.0260. The second-order valence-electron chi connectivity index (χ2n) is 9.92. The van der Waals surface area contributed by atoms with Crippen molar-refractivity contribution >= 4 is 29.3 Å². The lowest BCUT2D eigenvalue weighted by atomic mass is 9.73. The van der Waals surface area contributed by atoms with Crippen molar-refractivity contribution in [2.45, 2.75) is 38.3 Å². The van der Waals surface area contributed by atoms with Crippen molar-refractivity contribution in [3.8, 4) is 0 Å². The number of hydrogen-bond donors (Lipinski definition) is 3. The Labute approximate surface area is 208 Å². The van der Waals surface area contributed by atoms with Crippen molar-refractivity contribution < 1.29 is 9.59 Å². The highest BCUT2D eigenvalue weighted by Crippen LogP contribution is 2.51. The van der Waals surface area contributed by atoms with Crippen LogP contribution in [0.15, 0.2) is 36.5 Å². The normalized spacial score (nSPS) is 20.3. The third-order valence-electron chi connectivity index (χ3n) is 7.96. The van der Waals surface area contributed by atoms with Gasteiger partial charge in [-0.2, -0.15) is 5.10 Å². The number of rotatable bonds is 3. The first-order valence-electron chi connectivity index (χ1n) is 12.3. The van der Waals surface area contributed by atoms with Crippen molar-refractivity contribution in [2.75, 3.05) is 35.2 Å². The van der Waals surface area contributed by atoms with Gasteiger partial charge in [-0.15, -0.1) is 0 Å². The van der Waals surface area contributed by atoms with Crippen LogP contribution in [-0.2, 0) is 13.0 Å². The van der Waals surface area contributed by atoms with Gasteiger partial charge in [0.15, 0.2) is 23.0 Å². The van der Waals surface area contributed by atoms with Gasteiger partial charge in [-0.1, -0.05) is 24.3 Å². The van der Waals surface area contributed by atoms with E-state index in [2.05, 4.69) is 33.3 Å². The summed E-state index contributed by atoms with van der Waals surface area (Å²) in [6.07, 6.45) is 5.00. The fourth-order valence-corrected chi connectivity index (χ4v) is 6.01. The van der Waals surface area contributed by atoms with E-state index in [4.69, 9.17) is 17.2 Å². The number of aromatic nitrogens is 4. The van der Waals surface area contributed by atoms with Crippen molar-refractivity contribution in [1.29, 1.82) is 0 Å². The van der Waals surface area contributed by atoms with Crippen molar-refractivity contribution in [2.24, 2.45) is 16.9 Å². The average Bonchev–Trinajstić information content (AvgIpc) is 3.47. The maximum atomic E-state index is 13.4. The fourth-order valence-electron chi connectivity index (χ4n) is 6.01. The second kappa shape index (κ2) is 8.30. The molecule has 1 fully saturated rings. The molecule has 1 atom stereocenters. The smallest absolute Gasteiger partial charge is 0.281 e. The zero-order chi connectivity index (χ0) is 25.0. The predicted molar refractivity (Wildman–Crippen MR) is 134 cm³/mol. The number of carbonyl (C=O) groups excluding carboxylic acids is 2. The number of piperidine rings is 1. The molecule has 1 aliphatic carbocycles. The number of nitrogen functional groups attached to an aromatic ring is 1. The zero-order valence-electron chi connectivity index (χ0n) is 19.9. The highest BCUT2D eigenvalue weighted by Gasteiger charge is 2.46. The maximum absolute atomic E-state index is 13.4. The van der Waals surface area contributed by atoms with Crippen LogP contribution in [0.5, 0.6) is 0 Å². The topological polar surface area (TPSA) is 162 Å². The summed E-state index contributed by atoms with van der Waals surface area (Å²) in [6, 6.07) is 10.1. The van der Waals surface area contributed by atoms with Gasteiger partial charge in [0, 0.05) is 38.3 Å². The molecule has 4 heterocycles. The number of hydrogen-bond acceptors (Lipinski definition) is 8. The first-order valence-corrected chi connectivity index (χ1v) is 12.3. The van der Waals surface area contributed by atoms with Gasteiger partial charge in [-0.05, 0) is 42.2 Å². The molecule has 1 saturated heterocycles. The largest absolute Gasteiger partial charge is 0.382 e. The van der Waals surface area contributed by atoms with E-state index in [-0.39, 0.29) is 28.7 Å². The van der Waals surface area contributed by atoms with Crippen LogP contribution in [-0.4, -0.2) is 51.2 Å². The number of carbonyl (C=O) groups is 2. The molecule has 2 aromatic heterocycles. The van der Waals surface area contributed by atoms with E-state index in [1.807, 2.05) is 11.0 Å². The SMILES string of the molecule is NC(=O)c1nc(C(=O)N2CCCn3nccc32)c(N)nc1N1CCC2(CC1)Cc1ccccc1[C@H]2N. The molecule has 2 amide bonds. The Hall–Kier alpha value is -3.99. The molecular weight excluding hydrogens is 458 g/mol. The Kier molecular flexibility index (Phi) is 5.18. The average molecular weight is 488 g/mol. The Morgan fingerprint density at radius 1 is 1.00 bits per heavy atom. The van der Waals surface area contributed by atoms with Gasteiger partial charge < -0.3 is 22.1 Å². The minimum Gasteiger partial charge on any atom is -0.382 e. The van der Waals surface area contributed by atoms with Gasteiger partial charge in [0.1, 0.15) is 5.82 Å². The van der Waals surface area contributed by atoms with Crippen LogP contribution in [0.1, 0.15) is 57.4 Å². The van der Waals surface area contributed by atoms with Crippen LogP contribution in [0, 0.1) is 5.41 Å². The van der Waals surface area contributed by atoms with Gasteiger partial charge in [0.05, 0.1) is 6.20 Å². The summed E-state index contributed by atoms with van der Waals surface area (Å²) < 4.78 is 1.75. The van der Waals surface area contributed by atoms with E-state index in [1.54, 1.807) is 21.8 Å². The summed E-state index contributed by atoms with van der Waals surface area (Å²) in [5.74, 6) is -0.225. The van der Waals surface area contributed by atoms with E-state index in [0.29, 0.717) is 31.3 Å². The number of anilines is 3. The highest BCUT2D eigenvalue weighted by atomic mass is 16.2. The molecule has 186 valence electrons. The number of aryl methyl sites for hydroxylation is 1. The third kappa shape index (κ3) is 3.41. The van der Waals surface area contributed by atoms with Crippen LogP contribution < -0.4 is 27.0 Å². The number of benzene rings is 1. The molecule has 1 aromatic carbocycles. The van der Waals surface area contributed by atoms with Gasteiger partial charge >= 0.3 is 0 Å². The maximum Gasteiger partial charge on any atom is 0.281 e. The Balaban J connectivity index is 1.27. The van der Waals surface area contributed by atoms with E-state index in [0.717, 1.165) is 32.2 Å². The summed E-state index contributed by atoms with van der Waals surface area (Å²) in [7, 11) is 0. The molecule has 3 aliphatic rings. The van der Waals surface area contributed by atoms with E-state index in [9.17, 15) is 9.59 Å². The molecule has 0 unspecified atom stereocenters. The standard InChI is InChI=1S/C25H29N9O2/c26-20-16-5-2-1-4-15(16)14-25(20)7-12-32(13-8-25)23-19(22(28)35)30-18(21(27)31-23)24(36)33-10-3-11-34-17(33)6-9-29-34/h1-2,4-6,9,20H,3,7-8,10-14,26H2,(H2,27,31)(H2,28,35)/t20-/m1/s1. The first kappa shape index (κ1) is 22.5. The van der Waals surface area contributed by atoms with Gasteiger partial charge in [-0.25, -0.2) is 14.6 Å². The molecule has 36 heavy (non-hydrogen) atoms. The molecule has 2 aliphatic heterocycles. The molecule has 0 bridgehead atoms. The predicted octanol–water partition coefficient (Wildman–Crippen LogP) is 1.25. The summed E-state index contributed by atoms with van der Waals surface area (Å²) >= 11 is 0. The van der Waals surface area contributed by atoms with Crippen LogP contribution >= 0.6 is 0 Å². The fraction of sp³-hybridized carbons (Fsp3) is 0.400.